The zero-order chi connectivity index (χ0) is 30.5. The monoisotopic (exact) mass is 578 g/mol. The molecule has 0 unspecified atom stereocenters. The van der Waals surface area contributed by atoms with E-state index in [-0.39, 0.29) is 5.56 Å². The fourth-order valence-electron chi connectivity index (χ4n) is 5.09. The zero-order valence-corrected chi connectivity index (χ0v) is 24.5. The Kier molecular flexibility index (Phi) is 8.19. The van der Waals surface area contributed by atoms with Crippen LogP contribution in [0.3, 0.4) is 0 Å². The van der Waals surface area contributed by atoms with E-state index < -0.39 is 11.4 Å². The molecule has 0 fully saturated rings. The van der Waals surface area contributed by atoms with Crippen LogP contribution in [-0.4, -0.2) is 33.8 Å². The smallest absolute Gasteiger partial charge is 0.347 e. The van der Waals surface area contributed by atoms with Crippen molar-refractivity contribution >= 4 is 28.5 Å². The molecule has 0 aliphatic rings. The van der Waals surface area contributed by atoms with Crippen LogP contribution in [0, 0.1) is 0 Å². The molecule has 0 saturated carbocycles. The predicted molar refractivity (Wildman–Crippen MR) is 176 cm³/mol. The molecule has 0 atom stereocenters. The molecule has 0 bridgehead atoms. The average Bonchev–Trinajstić information content (AvgIpc) is 3.08. The number of rotatable bonds is 9. The summed E-state index contributed by atoms with van der Waals surface area (Å²) in [6.07, 6.45) is 6.60. The largest absolute Gasteiger partial charge is 0.422 e. The van der Waals surface area contributed by atoms with Crippen LogP contribution in [0.1, 0.15) is 29.8 Å². The Morgan fingerprint density at radius 2 is 1.41 bits per heavy atom. The van der Waals surface area contributed by atoms with E-state index in [1.54, 1.807) is 24.5 Å². The summed E-state index contributed by atoms with van der Waals surface area (Å²) in [4.78, 5) is 41.7. The molecule has 0 aliphatic heterocycles. The molecule has 0 spiro atoms. The number of carbonyl (C=O) groups is 1. The first-order valence-corrected chi connectivity index (χ1v) is 14.5. The quantitative estimate of drug-likeness (QED) is 0.0986. The van der Waals surface area contributed by atoms with Crippen molar-refractivity contribution < 1.29 is 9.21 Å². The van der Waals surface area contributed by atoms with Crippen molar-refractivity contribution in [1.29, 1.82) is 0 Å². The molecule has 0 amide bonds. The first-order chi connectivity index (χ1) is 21.5. The normalized spacial score (nSPS) is 11.2. The maximum Gasteiger partial charge on any atom is 0.347 e. The van der Waals surface area contributed by atoms with Gasteiger partial charge in [0.05, 0.1) is 22.8 Å². The molecule has 0 saturated heterocycles. The third-order valence-electron chi connectivity index (χ3n) is 7.46. The van der Waals surface area contributed by atoms with E-state index in [1.165, 1.54) is 6.08 Å². The number of nitrogens with zero attached hydrogens (tertiary/aromatic N) is 4. The van der Waals surface area contributed by atoms with E-state index >= 15 is 0 Å². The third-order valence-corrected chi connectivity index (χ3v) is 7.46. The molecule has 4 aromatic heterocycles. The highest BCUT2D eigenvalue weighted by atomic mass is 16.4. The highest BCUT2D eigenvalue weighted by Gasteiger charge is 2.14. The van der Waals surface area contributed by atoms with Gasteiger partial charge in [-0.3, -0.25) is 14.8 Å². The summed E-state index contributed by atoms with van der Waals surface area (Å²) < 4.78 is 5.54. The molecular formula is C37H30N4O3. The van der Waals surface area contributed by atoms with Crippen molar-refractivity contribution in [2.75, 3.05) is 18.0 Å². The Balaban J connectivity index is 1.25. The molecular weight excluding hydrogens is 548 g/mol. The van der Waals surface area contributed by atoms with E-state index in [4.69, 9.17) is 9.40 Å². The van der Waals surface area contributed by atoms with Gasteiger partial charge in [-0.25, -0.2) is 9.78 Å². The van der Waals surface area contributed by atoms with Crippen molar-refractivity contribution in [3.8, 4) is 33.9 Å². The van der Waals surface area contributed by atoms with Gasteiger partial charge in [0.1, 0.15) is 11.1 Å². The topological polar surface area (TPSA) is 89.2 Å². The SMILES string of the molecule is CCN(CC)c1ccc2cc(C(=O)/C=C/c3ccc(-c4cc(-c5ccccn5)nc(-c5ccccn5)c4)cc3)c(=O)oc2c1. The van der Waals surface area contributed by atoms with Crippen LogP contribution in [0.25, 0.3) is 50.9 Å². The molecule has 7 nitrogen and oxygen atoms in total. The molecule has 44 heavy (non-hydrogen) atoms. The third kappa shape index (κ3) is 6.08. The summed E-state index contributed by atoms with van der Waals surface area (Å²) >= 11 is 0. The van der Waals surface area contributed by atoms with Crippen molar-refractivity contribution in [2.24, 2.45) is 0 Å². The van der Waals surface area contributed by atoms with Gasteiger partial charge in [-0.15, -0.1) is 0 Å². The second kappa shape index (κ2) is 12.7. The summed E-state index contributed by atoms with van der Waals surface area (Å²) in [5.41, 5.74) is 6.58. The lowest BCUT2D eigenvalue weighted by Gasteiger charge is -2.20. The van der Waals surface area contributed by atoms with Crippen molar-refractivity contribution in [3.63, 3.8) is 0 Å². The number of carbonyl (C=O) groups excluding carboxylic acids is 1. The second-order valence-corrected chi connectivity index (χ2v) is 10.2. The van der Waals surface area contributed by atoms with Crippen LogP contribution < -0.4 is 10.5 Å². The highest BCUT2D eigenvalue weighted by molar-refractivity contribution is 6.07. The van der Waals surface area contributed by atoms with Crippen LogP contribution >= 0.6 is 0 Å². The Bertz CT molecular complexity index is 1960. The number of ketones is 1. The van der Waals surface area contributed by atoms with E-state index in [0.717, 1.165) is 58.2 Å². The summed E-state index contributed by atoms with van der Waals surface area (Å²) in [6.45, 7) is 5.83. The molecule has 7 heteroatoms. The number of aromatic nitrogens is 3. The maximum absolute atomic E-state index is 13.0. The fourth-order valence-corrected chi connectivity index (χ4v) is 5.09. The number of pyridine rings is 3. The first kappa shape index (κ1) is 28.4. The van der Waals surface area contributed by atoms with Gasteiger partial charge < -0.3 is 9.32 Å². The van der Waals surface area contributed by atoms with Crippen LogP contribution in [0.15, 0.2) is 125 Å². The standard InChI is InChI=1S/C37H30N4O3/c1-3-41(4-2)29-17-16-27-21-30(37(43)44-36(27)24-29)35(42)18-13-25-11-14-26(15-12-25)28-22-33(31-9-5-7-19-38-31)40-34(23-28)32-10-6-8-20-39-32/h5-24H,3-4H2,1-2H3/b18-13+. The molecule has 0 radical (unpaired) electrons. The summed E-state index contributed by atoms with van der Waals surface area (Å²) in [7, 11) is 0. The molecule has 6 aromatic rings. The van der Waals surface area contributed by atoms with Gasteiger partial charge in [0.15, 0.2) is 5.78 Å². The molecule has 0 aliphatic carbocycles. The number of hydrogen-bond donors (Lipinski definition) is 0. The average molecular weight is 579 g/mol. The van der Waals surface area contributed by atoms with Gasteiger partial charge in [-0.2, -0.15) is 0 Å². The van der Waals surface area contributed by atoms with Crippen LogP contribution in [0.4, 0.5) is 5.69 Å². The summed E-state index contributed by atoms with van der Waals surface area (Å²) in [5, 5.41) is 0.703. The van der Waals surface area contributed by atoms with Crippen molar-refractivity contribution in [2.45, 2.75) is 13.8 Å². The van der Waals surface area contributed by atoms with E-state index in [1.807, 2.05) is 91.0 Å². The Hall–Kier alpha value is -5.69. The number of hydrogen-bond acceptors (Lipinski definition) is 7. The summed E-state index contributed by atoms with van der Waals surface area (Å²) in [5.74, 6) is -0.410. The Labute approximate surface area is 255 Å². The molecule has 0 N–H and O–H groups in total. The van der Waals surface area contributed by atoms with Crippen LogP contribution in [0.5, 0.6) is 0 Å². The lowest BCUT2D eigenvalue weighted by atomic mass is 10.0. The van der Waals surface area contributed by atoms with Gasteiger partial charge >= 0.3 is 5.63 Å². The van der Waals surface area contributed by atoms with Crippen LogP contribution in [-0.2, 0) is 0 Å². The van der Waals surface area contributed by atoms with Gasteiger partial charge in [-0.1, -0.05) is 42.5 Å². The van der Waals surface area contributed by atoms with Gasteiger partial charge in [0.2, 0.25) is 0 Å². The Morgan fingerprint density at radius 3 is 2.00 bits per heavy atom. The number of benzene rings is 2. The zero-order valence-electron chi connectivity index (χ0n) is 24.5. The first-order valence-electron chi connectivity index (χ1n) is 14.5. The minimum absolute atomic E-state index is 0.00171. The van der Waals surface area contributed by atoms with Gasteiger partial charge in [-0.05, 0) is 91.2 Å². The second-order valence-electron chi connectivity index (χ2n) is 10.2. The number of fused-ring (bicyclic) bond motifs is 1. The lowest BCUT2D eigenvalue weighted by Crippen LogP contribution is -2.21. The van der Waals surface area contributed by atoms with Crippen LogP contribution in [0.2, 0.25) is 0 Å². The highest BCUT2D eigenvalue weighted by Crippen LogP contribution is 2.29. The molecule has 4 heterocycles. The van der Waals surface area contributed by atoms with Crippen molar-refractivity contribution in [1.82, 2.24) is 15.0 Å². The minimum Gasteiger partial charge on any atom is -0.422 e. The maximum atomic E-state index is 13.0. The lowest BCUT2D eigenvalue weighted by molar-refractivity contribution is 0.104. The number of allylic oxidation sites excluding steroid dienone is 1. The van der Waals surface area contributed by atoms with E-state index in [2.05, 4.69) is 28.7 Å². The fraction of sp³-hybridized carbons (Fsp3) is 0.108. The van der Waals surface area contributed by atoms with E-state index in [0.29, 0.717) is 11.0 Å². The molecule has 2 aromatic carbocycles. The van der Waals surface area contributed by atoms with Gasteiger partial charge in [0, 0.05) is 42.6 Å². The van der Waals surface area contributed by atoms with Gasteiger partial charge in [0.25, 0.3) is 0 Å². The summed E-state index contributed by atoms with van der Waals surface area (Å²) in [6, 6.07) is 30.6. The molecule has 6 rings (SSSR count). The molecule has 216 valence electrons. The van der Waals surface area contributed by atoms with E-state index in [9.17, 15) is 9.59 Å². The van der Waals surface area contributed by atoms with Crippen molar-refractivity contribution in [3.05, 3.63) is 137 Å². The number of anilines is 1. The minimum atomic E-state index is -0.649. The Morgan fingerprint density at radius 1 is 0.750 bits per heavy atom. The predicted octanol–water partition coefficient (Wildman–Crippen LogP) is 7.72.